The van der Waals surface area contributed by atoms with E-state index in [0.717, 1.165) is 0 Å². The summed E-state index contributed by atoms with van der Waals surface area (Å²) in [5.41, 5.74) is 5.61. The fraction of sp³-hybridized carbons (Fsp3) is 0.273. The number of nitrogens with two attached hydrogens (primary N) is 1. The smallest absolute Gasteiger partial charge is 0.312 e. The average Bonchev–Trinajstić information content (AvgIpc) is 2.59. The molecule has 3 N–H and O–H groups in total. The fourth-order valence-electron chi connectivity index (χ4n) is 1.88. The van der Waals surface area contributed by atoms with Gasteiger partial charge in [0.2, 0.25) is 5.91 Å². The van der Waals surface area contributed by atoms with Gasteiger partial charge >= 0.3 is 6.03 Å². The van der Waals surface area contributed by atoms with Gasteiger partial charge in [-0.1, -0.05) is 0 Å². The second kappa shape index (κ2) is 4.40. The van der Waals surface area contributed by atoms with Crippen LogP contribution in [0.2, 0.25) is 0 Å². The molecule has 90 valence electrons. The molecular formula is C11H12FN3O2. The Bertz CT molecular complexity index is 447. The first-order chi connectivity index (χ1) is 8.06. The molecule has 0 saturated carbocycles. The van der Waals surface area contributed by atoms with Crippen LogP contribution >= 0.6 is 0 Å². The highest BCUT2D eigenvalue weighted by Crippen LogP contribution is 2.21. The minimum absolute atomic E-state index is 0.115. The van der Waals surface area contributed by atoms with Crippen LogP contribution in [0.25, 0.3) is 0 Å². The minimum Gasteiger partial charge on any atom is -0.352 e. The van der Waals surface area contributed by atoms with Crippen molar-refractivity contribution >= 4 is 17.6 Å². The van der Waals surface area contributed by atoms with E-state index in [-0.39, 0.29) is 24.2 Å². The maximum atomic E-state index is 12.7. The van der Waals surface area contributed by atoms with Gasteiger partial charge in [-0.05, 0) is 24.3 Å². The molecule has 0 unspecified atom stereocenters. The molecule has 0 bridgehead atoms. The molecule has 1 saturated heterocycles. The van der Waals surface area contributed by atoms with E-state index in [1.807, 2.05) is 0 Å². The van der Waals surface area contributed by atoms with Crippen LogP contribution in [-0.4, -0.2) is 24.5 Å². The summed E-state index contributed by atoms with van der Waals surface area (Å²) in [6.07, 6.45) is 0.209. The van der Waals surface area contributed by atoms with Crippen LogP contribution in [0.4, 0.5) is 14.9 Å². The lowest BCUT2D eigenvalue weighted by molar-refractivity contribution is -0.117. The van der Waals surface area contributed by atoms with Crippen LogP contribution in [0.5, 0.6) is 0 Å². The van der Waals surface area contributed by atoms with Gasteiger partial charge in [0.15, 0.2) is 0 Å². The standard InChI is InChI=1S/C11H12FN3O2/c12-7-1-3-9(4-2-7)15-6-8(5-10(15)16)14-11(13)17/h1-4,8H,5-6H2,(H3,13,14,17)/t8-/m1/s1. The Morgan fingerprint density at radius 1 is 1.41 bits per heavy atom. The highest BCUT2D eigenvalue weighted by atomic mass is 19.1. The van der Waals surface area contributed by atoms with Crippen molar-refractivity contribution in [2.75, 3.05) is 11.4 Å². The van der Waals surface area contributed by atoms with Crippen LogP contribution < -0.4 is 16.0 Å². The maximum absolute atomic E-state index is 12.7. The second-order valence-corrected chi connectivity index (χ2v) is 3.89. The van der Waals surface area contributed by atoms with Crippen molar-refractivity contribution in [2.24, 2.45) is 5.73 Å². The van der Waals surface area contributed by atoms with E-state index in [1.54, 1.807) is 0 Å². The molecule has 0 spiro atoms. The highest BCUT2D eigenvalue weighted by molar-refractivity contribution is 5.96. The van der Waals surface area contributed by atoms with Crippen LogP contribution in [-0.2, 0) is 4.79 Å². The molecule has 1 aliphatic rings. The molecule has 1 fully saturated rings. The van der Waals surface area contributed by atoms with Crippen LogP contribution in [0.3, 0.4) is 0 Å². The van der Waals surface area contributed by atoms with E-state index < -0.39 is 6.03 Å². The topological polar surface area (TPSA) is 75.4 Å². The quantitative estimate of drug-likeness (QED) is 0.790. The van der Waals surface area contributed by atoms with Crippen molar-refractivity contribution in [3.8, 4) is 0 Å². The van der Waals surface area contributed by atoms with Gasteiger partial charge in [0.1, 0.15) is 5.82 Å². The number of halogens is 1. The molecule has 5 nitrogen and oxygen atoms in total. The molecule has 0 radical (unpaired) electrons. The van der Waals surface area contributed by atoms with Gasteiger partial charge in [-0.3, -0.25) is 4.79 Å². The van der Waals surface area contributed by atoms with Crippen molar-refractivity contribution in [2.45, 2.75) is 12.5 Å². The second-order valence-electron chi connectivity index (χ2n) is 3.89. The first-order valence-electron chi connectivity index (χ1n) is 5.18. The number of hydrogen-bond acceptors (Lipinski definition) is 2. The van der Waals surface area contributed by atoms with Crippen molar-refractivity contribution in [1.82, 2.24) is 5.32 Å². The molecule has 1 atom stereocenters. The number of nitrogens with zero attached hydrogens (tertiary/aromatic N) is 1. The first kappa shape index (κ1) is 11.4. The fourth-order valence-corrected chi connectivity index (χ4v) is 1.88. The largest absolute Gasteiger partial charge is 0.352 e. The van der Waals surface area contributed by atoms with Gasteiger partial charge < -0.3 is 16.0 Å². The zero-order chi connectivity index (χ0) is 12.4. The van der Waals surface area contributed by atoms with E-state index in [0.29, 0.717) is 12.2 Å². The third kappa shape index (κ3) is 2.52. The number of primary amides is 1. The zero-order valence-corrected chi connectivity index (χ0v) is 9.02. The van der Waals surface area contributed by atoms with E-state index >= 15 is 0 Å². The predicted molar refractivity (Wildman–Crippen MR) is 59.9 cm³/mol. The number of urea groups is 1. The van der Waals surface area contributed by atoms with Gasteiger partial charge in [-0.15, -0.1) is 0 Å². The number of carbonyl (C=O) groups excluding carboxylic acids is 2. The summed E-state index contributed by atoms with van der Waals surface area (Å²) in [6, 6.07) is 4.70. The van der Waals surface area contributed by atoms with Gasteiger partial charge in [-0.25, -0.2) is 9.18 Å². The van der Waals surface area contributed by atoms with E-state index in [9.17, 15) is 14.0 Å². The molecule has 0 aromatic heterocycles. The normalized spacial score (nSPS) is 19.5. The van der Waals surface area contributed by atoms with Gasteiger partial charge in [0.25, 0.3) is 0 Å². The summed E-state index contributed by atoms with van der Waals surface area (Å²) < 4.78 is 12.7. The van der Waals surface area contributed by atoms with E-state index in [2.05, 4.69) is 5.32 Å². The molecule has 1 aliphatic heterocycles. The van der Waals surface area contributed by atoms with E-state index in [1.165, 1.54) is 29.2 Å². The van der Waals surface area contributed by atoms with Crippen molar-refractivity contribution in [3.05, 3.63) is 30.1 Å². The van der Waals surface area contributed by atoms with Crippen molar-refractivity contribution < 1.29 is 14.0 Å². The average molecular weight is 237 g/mol. The summed E-state index contributed by atoms with van der Waals surface area (Å²) in [5, 5.41) is 2.49. The first-order valence-corrected chi connectivity index (χ1v) is 5.18. The lowest BCUT2D eigenvalue weighted by Crippen LogP contribution is -2.40. The predicted octanol–water partition coefficient (Wildman–Crippen LogP) is 0.599. The van der Waals surface area contributed by atoms with Gasteiger partial charge in [0, 0.05) is 18.7 Å². The molecular weight excluding hydrogens is 225 g/mol. The summed E-state index contributed by atoms with van der Waals surface area (Å²) >= 11 is 0. The Morgan fingerprint density at radius 2 is 2.06 bits per heavy atom. The SMILES string of the molecule is NC(=O)N[C@@H]1CC(=O)N(c2ccc(F)cc2)C1. The number of amides is 3. The van der Waals surface area contributed by atoms with Crippen LogP contribution in [0.1, 0.15) is 6.42 Å². The molecule has 17 heavy (non-hydrogen) atoms. The molecule has 2 rings (SSSR count). The number of nitrogens with one attached hydrogen (secondary N) is 1. The number of carbonyl (C=O) groups is 2. The van der Waals surface area contributed by atoms with Crippen molar-refractivity contribution in [1.29, 1.82) is 0 Å². The lowest BCUT2D eigenvalue weighted by atomic mass is 10.2. The minimum atomic E-state index is -0.649. The Hall–Kier alpha value is -2.11. The Morgan fingerprint density at radius 3 is 2.65 bits per heavy atom. The zero-order valence-electron chi connectivity index (χ0n) is 9.02. The Balaban J connectivity index is 2.10. The lowest BCUT2D eigenvalue weighted by Gasteiger charge is -2.16. The van der Waals surface area contributed by atoms with Gasteiger partial charge in [-0.2, -0.15) is 0 Å². The van der Waals surface area contributed by atoms with Crippen LogP contribution in [0, 0.1) is 5.82 Å². The monoisotopic (exact) mass is 237 g/mol. The number of rotatable bonds is 2. The number of anilines is 1. The summed E-state index contributed by atoms with van der Waals surface area (Å²) in [7, 11) is 0. The molecule has 3 amide bonds. The number of hydrogen-bond donors (Lipinski definition) is 2. The Kier molecular flexibility index (Phi) is 2.95. The number of benzene rings is 1. The highest BCUT2D eigenvalue weighted by Gasteiger charge is 2.31. The molecule has 1 aromatic rings. The van der Waals surface area contributed by atoms with Crippen LogP contribution in [0.15, 0.2) is 24.3 Å². The van der Waals surface area contributed by atoms with Gasteiger partial charge in [0.05, 0.1) is 6.04 Å². The summed E-state index contributed by atoms with van der Waals surface area (Å²) in [6.45, 7) is 0.355. The summed E-state index contributed by atoms with van der Waals surface area (Å²) in [5.74, 6) is -0.470. The third-order valence-corrected chi connectivity index (χ3v) is 2.61. The maximum Gasteiger partial charge on any atom is 0.312 e. The molecule has 1 aromatic carbocycles. The Labute approximate surface area is 97.4 Å². The third-order valence-electron chi connectivity index (χ3n) is 2.61. The molecule has 0 aliphatic carbocycles. The van der Waals surface area contributed by atoms with Crippen molar-refractivity contribution in [3.63, 3.8) is 0 Å². The molecule has 6 heteroatoms. The van der Waals surface area contributed by atoms with E-state index in [4.69, 9.17) is 5.73 Å². The molecule has 1 heterocycles. The summed E-state index contributed by atoms with van der Waals surface area (Å²) in [4.78, 5) is 23.9.